The van der Waals surface area contributed by atoms with Gasteiger partial charge in [0, 0.05) is 36.1 Å². The molecule has 2 rings (SSSR count). The van der Waals surface area contributed by atoms with Crippen LogP contribution in [0.3, 0.4) is 0 Å². The molecule has 1 aromatic heterocycles. The number of aromatic nitrogens is 1. The third-order valence-corrected chi connectivity index (χ3v) is 5.14. The molecule has 0 saturated carbocycles. The molecular formula is C16H24N2O3S. The van der Waals surface area contributed by atoms with Crippen molar-refractivity contribution in [3.63, 3.8) is 0 Å². The maximum absolute atomic E-state index is 12.3. The van der Waals surface area contributed by atoms with Crippen molar-refractivity contribution in [3.05, 3.63) is 24.5 Å². The van der Waals surface area contributed by atoms with Gasteiger partial charge < -0.3 is 9.64 Å². The molecule has 1 unspecified atom stereocenters. The smallest absolute Gasteiger partial charge is 0.410 e. The van der Waals surface area contributed by atoms with E-state index in [9.17, 15) is 9.00 Å². The number of piperidine rings is 1. The number of nitrogens with zero attached hydrogens (tertiary/aromatic N) is 2. The van der Waals surface area contributed by atoms with Crippen LogP contribution in [0.4, 0.5) is 4.79 Å². The molecule has 0 aromatic carbocycles. The van der Waals surface area contributed by atoms with Crippen LogP contribution in [0.1, 0.15) is 33.6 Å². The number of hydrogen-bond donors (Lipinski definition) is 0. The molecule has 0 bridgehead atoms. The number of carbonyl (C=O) groups excluding carboxylic acids is 1. The van der Waals surface area contributed by atoms with Crippen LogP contribution in [0, 0.1) is 5.92 Å². The number of amides is 1. The molecule has 22 heavy (non-hydrogen) atoms. The molecule has 6 heteroatoms. The highest BCUT2D eigenvalue weighted by Gasteiger charge is 2.27. The summed E-state index contributed by atoms with van der Waals surface area (Å²) < 4.78 is 17.7. The van der Waals surface area contributed by atoms with E-state index >= 15 is 0 Å². The predicted molar refractivity (Wildman–Crippen MR) is 86.0 cm³/mol. The summed E-state index contributed by atoms with van der Waals surface area (Å²) in [5.41, 5.74) is -0.462. The second-order valence-electron chi connectivity index (χ2n) is 6.61. The van der Waals surface area contributed by atoms with Crippen molar-refractivity contribution in [1.29, 1.82) is 0 Å². The Bertz CT molecular complexity index is 520. The molecule has 2 heterocycles. The van der Waals surface area contributed by atoms with E-state index in [4.69, 9.17) is 4.74 Å². The Morgan fingerprint density at radius 3 is 2.45 bits per heavy atom. The third-order valence-electron chi connectivity index (χ3n) is 3.57. The molecule has 1 aliphatic rings. The summed E-state index contributed by atoms with van der Waals surface area (Å²) >= 11 is 0. The van der Waals surface area contributed by atoms with Crippen LogP contribution in [-0.2, 0) is 15.5 Å². The summed E-state index contributed by atoms with van der Waals surface area (Å²) in [6.07, 6.45) is 4.82. The summed E-state index contributed by atoms with van der Waals surface area (Å²) in [6.45, 7) is 6.96. The van der Waals surface area contributed by atoms with Gasteiger partial charge in [0.1, 0.15) is 5.60 Å². The average molecular weight is 324 g/mol. The molecule has 1 atom stereocenters. The Hall–Kier alpha value is -1.43. The van der Waals surface area contributed by atoms with Gasteiger partial charge in [-0.25, -0.2) is 4.79 Å². The Balaban J connectivity index is 1.80. The minimum Gasteiger partial charge on any atom is -0.444 e. The Kier molecular flexibility index (Phi) is 5.56. The zero-order valence-corrected chi connectivity index (χ0v) is 14.3. The fourth-order valence-electron chi connectivity index (χ4n) is 2.41. The molecule has 122 valence electrons. The molecule has 1 aromatic rings. The fraction of sp³-hybridized carbons (Fsp3) is 0.625. The highest BCUT2D eigenvalue weighted by atomic mass is 32.2. The van der Waals surface area contributed by atoms with E-state index in [-0.39, 0.29) is 6.09 Å². The maximum atomic E-state index is 12.3. The first-order valence-electron chi connectivity index (χ1n) is 7.61. The summed E-state index contributed by atoms with van der Waals surface area (Å²) in [5, 5.41) is 0. The van der Waals surface area contributed by atoms with Gasteiger partial charge in [-0.15, -0.1) is 0 Å². The minimum atomic E-state index is -0.993. The number of pyridine rings is 1. The molecule has 0 aliphatic carbocycles. The van der Waals surface area contributed by atoms with Crippen LogP contribution in [-0.4, -0.2) is 44.6 Å². The molecule has 0 N–H and O–H groups in total. The van der Waals surface area contributed by atoms with Crippen molar-refractivity contribution < 1.29 is 13.7 Å². The lowest BCUT2D eigenvalue weighted by molar-refractivity contribution is 0.0191. The Morgan fingerprint density at radius 1 is 1.32 bits per heavy atom. The van der Waals surface area contributed by atoms with Crippen LogP contribution in [0.15, 0.2) is 29.4 Å². The number of hydrogen-bond acceptors (Lipinski definition) is 4. The summed E-state index contributed by atoms with van der Waals surface area (Å²) in [7, 11) is -0.993. The van der Waals surface area contributed by atoms with Gasteiger partial charge in [0.05, 0.1) is 10.8 Å². The molecule has 0 spiro atoms. The average Bonchev–Trinajstić information content (AvgIpc) is 2.47. The minimum absolute atomic E-state index is 0.249. The number of likely N-dealkylation sites (tertiary alicyclic amines) is 1. The maximum Gasteiger partial charge on any atom is 0.410 e. The van der Waals surface area contributed by atoms with Crippen LogP contribution in [0.2, 0.25) is 0 Å². The van der Waals surface area contributed by atoms with E-state index in [2.05, 4.69) is 4.98 Å². The van der Waals surface area contributed by atoms with Crippen molar-refractivity contribution >= 4 is 16.9 Å². The highest BCUT2D eigenvalue weighted by molar-refractivity contribution is 7.85. The predicted octanol–water partition coefficient (Wildman–Crippen LogP) is 2.84. The Labute approximate surface area is 134 Å². The first-order valence-corrected chi connectivity index (χ1v) is 8.93. The van der Waals surface area contributed by atoms with Crippen molar-refractivity contribution in [1.82, 2.24) is 9.88 Å². The van der Waals surface area contributed by atoms with Gasteiger partial charge in [-0.05, 0) is 51.7 Å². The van der Waals surface area contributed by atoms with Gasteiger partial charge in [0.25, 0.3) is 0 Å². The van der Waals surface area contributed by atoms with Gasteiger partial charge >= 0.3 is 6.09 Å². The molecule has 1 saturated heterocycles. The third kappa shape index (κ3) is 5.09. The summed E-state index contributed by atoms with van der Waals surface area (Å²) in [5.74, 6) is 1.03. The van der Waals surface area contributed by atoms with E-state index in [0.29, 0.717) is 24.8 Å². The van der Waals surface area contributed by atoms with Gasteiger partial charge in [-0.2, -0.15) is 0 Å². The lowest BCUT2D eigenvalue weighted by atomic mass is 9.99. The largest absolute Gasteiger partial charge is 0.444 e. The van der Waals surface area contributed by atoms with Gasteiger partial charge in [-0.3, -0.25) is 9.19 Å². The molecule has 1 aliphatic heterocycles. The van der Waals surface area contributed by atoms with E-state index in [1.807, 2.05) is 20.8 Å². The van der Waals surface area contributed by atoms with Gasteiger partial charge in [0.2, 0.25) is 0 Å². The van der Waals surface area contributed by atoms with E-state index < -0.39 is 16.4 Å². The molecule has 1 fully saturated rings. The fourth-order valence-corrected chi connectivity index (χ4v) is 3.79. The first kappa shape index (κ1) is 16.9. The van der Waals surface area contributed by atoms with Crippen molar-refractivity contribution in [2.75, 3.05) is 18.8 Å². The SMILES string of the molecule is CC(C)(C)OC(=O)N1CCC(CS(=O)c2ccncc2)CC1. The van der Waals surface area contributed by atoms with Crippen LogP contribution in [0.25, 0.3) is 0 Å². The zero-order valence-electron chi connectivity index (χ0n) is 13.4. The van der Waals surface area contributed by atoms with Gasteiger partial charge in [0.15, 0.2) is 0 Å². The van der Waals surface area contributed by atoms with Crippen LogP contribution in [0.5, 0.6) is 0 Å². The highest BCUT2D eigenvalue weighted by Crippen LogP contribution is 2.22. The van der Waals surface area contributed by atoms with Crippen LogP contribution >= 0.6 is 0 Å². The van der Waals surface area contributed by atoms with Gasteiger partial charge in [-0.1, -0.05) is 0 Å². The second-order valence-corrected chi connectivity index (χ2v) is 8.10. The normalized spacial score (nSPS) is 18.0. The lowest BCUT2D eigenvalue weighted by Gasteiger charge is -2.33. The zero-order chi connectivity index (χ0) is 16.2. The van der Waals surface area contributed by atoms with Crippen molar-refractivity contribution in [2.45, 2.75) is 44.1 Å². The molecule has 5 nitrogen and oxygen atoms in total. The summed E-state index contributed by atoms with van der Waals surface area (Å²) in [4.78, 5) is 18.5. The number of carbonyl (C=O) groups is 1. The number of rotatable bonds is 3. The second kappa shape index (κ2) is 7.22. The van der Waals surface area contributed by atoms with Crippen molar-refractivity contribution in [2.24, 2.45) is 5.92 Å². The van der Waals surface area contributed by atoms with E-state index in [0.717, 1.165) is 17.7 Å². The lowest BCUT2D eigenvalue weighted by Crippen LogP contribution is -2.42. The standard InChI is InChI=1S/C16H24N2O3S/c1-16(2,3)21-15(19)18-10-6-13(7-11-18)12-22(20)14-4-8-17-9-5-14/h4-5,8-9,13H,6-7,10-12H2,1-3H3. The van der Waals surface area contributed by atoms with E-state index in [1.165, 1.54) is 0 Å². The topological polar surface area (TPSA) is 59.5 Å². The van der Waals surface area contributed by atoms with Crippen LogP contribution < -0.4 is 0 Å². The monoisotopic (exact) mass is 324 g/mol. The Morgan fingerprint density at radius 2 is 1.91 bits per heavy atom. The molecule has 1 amide bonds. The van der Waals surface area contributed by atoms with Crippen molar-refractivity contribution in [3.8, 4) is 0 Å². The molecule has 0 radical (unpaired) electrons. The first-order chi connectivity index (χ1) is 10.3. The van der Waals surface area contributed by atoms with E-state index in [1.54, 1.807) is 29.4 Å². The molecular weight excluding hydrogens is 300 g/mol. The quantitative estimate of drug-likeness (QED) is 0.858. The number of ether oxygens (including phenoxy) is 1. The summed E-state index contributed by atoms with van der Waals surface area (Å²) in [6, 6.07) is 3.60.